The van der Waals surface area contributed by atoms with Crippen molar-refractivity contribution in [3.8, 4) is 0 Å². The van der Waals surface area contributed by atoms with Crippen LogP contribution in [0, 0.1) is 5.92 Å². The molecule has 0 fully saturated rings. The predicted molar refractivity (Wildman–Crippen MR) is 80.2 cm³/mol. The van der Waals surface area contributed by atoms with Gasteiger partial charge < -0.3 is 0 Å². The zero-order valence-corrected chi connectivity index (χ0v) is 11.5. The van der Waals surface area contributed by atoms with Gasteiger partial charge in [0.2, 0.25) is 0 Å². The molecule has 0 spiro atoms. The van der Waals surface area contributed by atoms with Crippen LogP contribution in [0.2, 0.25) is 0 Å². The van der Waals surface area contributed by atoms with Crippen molar-refractivity contribution in [2.75, 3.05) is 5.75 Å². The van der Waals surface area contributed by atoms with Gasteiger partial charge in [0, 0.05) is 11.7 Å². The molecule has 1 rings (SSSR count). The second-order valence-corrected chi connectivity index (χ2v) is 5.20. The lowest BCUT2D eigenvalue weighted by Crippen LogP contribution is -1.96. The van der Waals surface area contributed by atoms with Crippen molar-refractivity contribution in [2.24, 2.45) is 5.92 Å². The minimum absolute atomic E-state index is 0.461. The lowest BCUT2D eigenvalue weighted by Gasteiger charge is -2.12. The molecule has 0 amide bonds. The van der Waals surface area contributed by atoms with Crippen LogP contribution in [-0.2, 0) is 0 Å². The quantitative estimate of drug-likeness (QED) is 0.335. The Labute approximate surface area is 110 Å². The van der Waals surface area contributed by atoms with Gasteiger partial charge in [-0.15, -0.1) is 24.1 Å². The number of thioether (sulfide) groups is 1. The van der Waals surface area contributed by atoms with Crippen molar-refractivity contribution >= 4 is 11.8 Å². The predicted octanol–water partition coefficient (Wildman–Crippen LogP) is 5.27. The second kappa shape index (κ2) is 9.15. The summed E-state index contributed by atoms with van der Waals surface area (Å²) in [4.78, 5) is 1.40. The first-order chi connectivity index (χ1) is 8.38. The fraction of sp³-hybridized carbons (Fsp3) is 0.438. The summed E-state index contributed by atoms with van der Waals surface area (Å²) in [7, 11) is 0. The molecule has 1 aliphatic rings. The smallest absolute Gasteiger partial charge is 0.0233 e. The summed E-state index contributed by atoms with van der Waals surface area (Å²) >= 11 is 1.89. The molecule has 0 aliphatic carbocycles. The van der Waals surface area contributed by atoms with Crippen molar-refractivity contribution < 1.29 is 0 Å². The number of unbranched alkanes of at least 4 members (excludes halogenated alkanes) is 2. The molecular formula is C16H22S. The van der Waals surface area contributed by atoms with Gasteiger partial charge in [-0.3, -0.25) is 0 Å². The fourth-order valence-corrected chi connectivity index (χ4v) is 2.62. The van der Waals surface area contributed by atoms with Gasteiger partial charge in [-0.05, 0) is 36.0 Å². The van der Waals surface area contributed by atoms with Gasteiger partial charge in [-0.25, -0.2) is 0 Å². The third kappa shape index (κ3) is 5.81. The molecular weight excluding hydrogens is 224 g/mol. The van der Waals surface area contributed by atoms with Gasteiger partial charge >= 0.3 is 0 Å². The van der Waals surface area contributed by atoms with E-state index >= 15 is 0 Å². The van der Waals surface area contributed by atoms with Crippen LogP contribution in [0.1, 0.15) is 32.6 Å². The Morgan fingerprint density at radius 2 is 2.41 bits per heavy atom. The molecule has 0 bridgehead atoms. The minimum atomic E-state index is 0.461. The summed E-state index contributed by atoms with van der Waals surface area (Å²) in [6.07, 6.45) is 17.7. The van der Waals surface area contributed by atoms with Crippen molar-refractivity contribution in [1.29, 1.82) is 0 Å². The molecule has 0 nitrogen and oxygen atoms in total. The van der Waals surface area contributed by atoms with E-state index < -0.39 is 0 Å². The molecule has 0 aromatic carbocycles. The standard InChI is InChI=1S/C16H22S/c1-3-5-6-7-9-12-15(4-2)16-13-10-8-11-14-17-16/h4,7,9-11,13,15H,2-3,5-6,12,14H2,1H3. The lowest BCUT2D eigenvalue weighted by molar-refractivity contribution is 0.792. The molecule has 1 atom stereocenters. The third-order valence-corrected chi connectivity index (χ3v) is 3.83. The summed E-state index contributed by atoms with van der Waals surface area (Å²) in [5.74, 6) is 1.48. The highest BCUT2D eigenvalue weighted by atomic mass is 32.2. The van der Waals surface area contributed by atoms with Crippen LogP contribution in [0.5, 0.6) is 0 Å². The Morgan fingerprint density at radius 3 is 3.18 bits per heavy atom. The maximum absolute atomic E-state index is 3.95. The largest absolute Gasteiger partial charge is 0.125 e. The van der Waals surface area contributed by atoms with Crippen LogP contribution in [0.25, 0.3) is 0 Å². The Balaban J connectivity index is 2.45. The highest BCUT2D eigenvalue weighted by Gasteiger charge is 2.09. The van der Waals surface area contributed by atoms with Crippen molar-refractivity contribution in [3.05, 3.63) is 53.7 Å². The maximum atomic E-state index is 3.95. The lowest BCUT2D eigenvalue weighted by atomic mass is 10.0. The Kier molecular flexibility index (Phi) is 7.62. The monoisotopic (exact) mass is 246 g/mol. The van der Waals surface area contributed by atoms with E-state index in [1.54, 1.807) is 0 Å². The molecule has 1 heterocycles. The van der Waals surface area contributed by atoms with Crippen LogP contribution in [0.15, 0.2) is 53.7 Å². The van der Waals surface area contributed by atoms with Gasteiger partial charge in [0.1, 0.15) is 0 Å². The first-order valence-corrected chi connectivity index (χ1v) is 7.38. The highest BCUT2D eigenvalue weighted by Crippen LogP contribution is 2.29. The van der Waals surface area contributed by atoms with E-state index in [1.807, 2.05) is 17.8 Å². The average Bonchev–Trinajstić information content (AvgIpc) is 2.63. The summed E-state index contributed by atoms with van der Waals surface area (Å²) in [6, 6.07) is 0. The van der Waals surface area contributed by atoms with E-state index in [-0.39, 0.29) is 0 Å². The van der Waals surface area contributed by atoms with Gasteiger partial charge in [0.05, 0.1) is 0 Å². The van der Waals surface area contributed by atoms with Gasteiger partial charge in [0.15, 0.2) is 0 Å². The zero-order chi connectivity index (χ0) is 12.3. The van der Waals surface area contributed by atoms with E-state index in [9.17, 15) is 0 Å². The van der Waals surface area contributed by atoms with Crippen LogP contribution >= 0.6 is 11.8 Å². The van der Waals surface area contributed by atoms with Crippen molar-refractivity contribution in [3.63, 3.8) is 0 Å². The molecule has 17 heavy (non-hydrogen) atoms. The summed E-state index contributed by atoms with van der Waals surface area (Å²) < 4.78 is 0. The summed E-state index contributed by atoms with van der Waals surface area (Å²) in [5, 5.41) is 0. The van der Waals surface area contributed by atoms with E-state index in [4.69, 9.17) is 0 Å². The summed E-state index contributed by atoms with van der Waals surface area (Å²) in [6.45, 7) is 6.18. The zero-order valence-electron chi connectivity index (χ0n) is 10.7. The third-order valence-electron chi connectivity index (χ3n) is 2.73. The number of hydrogen-bond donors (Lipinski definition) is 0. The first kappa shape index (κ1) is 14.2. The molecule has 0 aromatic rings. The SMILES string of the molecule is C=CC(CC=CCCCC)C1=CC=C=CCS1. The van der Waals surface area contributed by atoms with E-state index in [0.717, 1.165) is 12.2 Å². The molecule has 0 N–H and O–H groups in total. The van der Waals surface area contributed by atoms with E-state index in [1.165, 1.54) is 24.2 Å². The second-order valence-electron chi connectivity index (χ2n) is 4.11. The molecule has 0 radical (unpaired) electrons. The van der Waals surface area contributed by atoms with Crippen LogP contribution in [0.3, 0.4) is 0 Å². The maximum Gasteiger partial charge on any atom is 0.0233 e. The Bertz CT molecular complexity index is 341. The average molecular weight is 246 g/mol. The summed E-state index contributed by atoms with van der Waals surface area (Å²) in [5.41, 5.74) is 3.14. The normalized spacial score (nSPS) is 16.9. The van der Waals surface area contributed by atoms with Gasteiger partial charge in [-0.1, -0.05) is 38.0 Å². The molecule has 1 heteroatoms. The van der Waals surface area contributed by atoms with Gasteiger partial charge in [-0.2, -0.15) is 0 Å². The van der Waals surface area contributed by atoms with E-state index in [2.05, 4.69) is 49.6 Å². The molecule has 92 valence electrons. The molecule has 0 aromatic heterocycles. The number of allylic oxidation sites excluding steroid dienone is 5. The number of hydrogen-bond acceptors (Lipinski definition) is 1. The first-order valence-electron chi connectivity index (χ1n) is 6.40. The molecule has 1 aliphatic heterocycles. The highest BCUT2D eigenvalue weighted by molar-refractivity contribution is 8.03. The van der Waals surface area contributed by atoms with E-state index in [0.29, 0.717) is 5.92 Å². The Hall–Kier alpha value is -0.910. The van der Waals surface area contributed by atoms with Crippen LogP contribution in [0.4, 0.5) is 0 Å². The molecule has 0 saturated carbocycles. The topological polar surface area (TPSA) is 0 Å². The fourth-order valence-electron chi connectivity index (χ4n) is 1.67. The minimum Gasteiger partial charge on any atom is -0.125 e. The van der Waals surface area contributed by atoms with Crippen LogP contribution in [-0.4, -0.2) is 5.75 Å². The van der Waals surface area contributed by atoms with Crippen LogP contribution < -0.4 is 0 Å². The Morgan fingerprint density at radius 1 is 1.53 bits per heavy atom. The van der Waals surface area contributed by atoms with Crippen molar-refractivity contribution in [2.45, 2.75) is 32.6 Å². The molecule has 1 unspecified atom stereocenters. The van der Waals surface area contributed by atoms with Crippen molar-refractivity contribution in [1.82, 2.24) is 0 Å². The van der Waals surface area contributed by atoms with Gasteiger partial charge in [0.25, 0.3) is 0 Å². The number of rotatable bonds is 7. The molecule has 0 saturated heterocycles.